The fraction of sp³-hybridized carbons (Fsp3) is 0.990. The second kappa shape index (κ2) is 101. The van der Waals surface area contributed by atoms with Gasteiger partial charge in [-0.3, -0.25) is 24.8 Å². The maximum atomic E-state index is 11.6. The largest absolute Gasteiger partial charge is 0.342 e. The van der Waals surface area contributed by atoms with Crippen LogP contribution in [0, 0.1) is 35.5 Å². The van der Waals surface area contributed by atoms with Crippen molar-refractivity contribution in [2.75, 3.05) is 157 Å². The molecule has 1 amide bonds. The molecule has 12 fully saturated rings. The zero-order valence-corrected chi connectivity index (χ0v) is 91.1. The first-order chi connectivity index (χ1) is 57.1. The Labute approximate surface area is 756 Å². The molecule has 12 aliphatic rings. The van der Waals surface area contributed by atoms with Gasteiger partial charge in [0.15, 0.2) is 0 Å². The van der Waals surface area contributed by atoms with Crippen molar-refractivity contribution < 1.29 is 4.79 Å². The lowest BCUT2D eigenvalue weighted by Crippen LogP contribution is -2.55. The van der Waals surface area contributed by atoms with Crippen LogP contribution in [0.5, 0.6) is 0 Å². The summed E-state index contributed by atoms with van der Waals surface area (Å²) in [4.78, 5) is 29.3. The molecule has 5 unspecified atom stereocenters. The maximum Gasteiger partial charge on any atom is 0.241 e. The third kappa shape index (κ3) is 75.6. The molecule has 8 N–H and O–H groups in total. The minimum atomic E-state index is -0.245. The molecule has 0 aromatic heterocycles. The molecule has 0 radical (unpaired) electrons. The van der Waals surface area contributed by atoms with E-state index >= 15 is 0 Å². The minimum Gasteiger partial charge on any atom is -0.342 e. The smallest absolute Gasteiger partial charge is 0.241 e. The van der Waals surface area contributed by atoms with E-state index in [1.54, 1.807) is 0 Å². The number of amides is 1. The van der Waals surface area contributed by atoms with E-state index in [-0.39, 0.29) is 11.4 Å². The number of hydrogen-bond acceptors (Lipinski definition) is 15. The highest BCUT2D eigenvalue weighted by Crippen LogP contribution is 2.27. The van der Waals surface area contributed by atoms with E-state index in [0.717, 1.165) is 135 Å². The molecule has 0 aromatic carbocycles. The molecule has 732 valence electrons. The topological polar surface area (TPSA) is 136 Å². The Morgan fingerprint density at radius 2 is 0.664 bits per heavy atom. The number of carbonyl (C=O) groups excluding carboxylic acids is 1. The minimum absolute atomic E-state index is 0.195. The number of nitrogens with one attached hydrogen (secondary N) is 8. The van der Waals surface area contributed by atoms with Gasteiger partial charge in [-0.25, -0.2) is 0 Å². The Hall–Kier alpha value is -1.09. The van der Waals surface area contributed by atoms with Crippen molar-refractivity contribution in [3.63, 3.8) is 0 Å². The van der Waals surface area contributed by atoms with E-state index in [0.29, 0.717) is 12.7 Å². The van der Waals surface area contributed by atoms with Crippen molar-refractivity contribution in [2.24, 2.45) is 35.5 Å². The van der Waals surface area contributed by atoms with Crippen molar-refractivity contribution in [3.05, 3.63) is 0 Å². The predicted molar refractivity (Wildman–Crippen MR) is 551 cm³/mol. The average Bonchev–Trinajstić information content (AvgIpc) is 1.69. The van der Waals surface area contributed by atoms with E-state index in [2.05, 4.69) is 236 Å². The SMILES string of the molecule is CC.CC.CC.CC.CC.CC.CC.CC.CC.CC.CC.CC(C)C1CCCN1.CC(C)C1CCCNC1.CC(C)C1CCNC1.CC(C)N1CC2CC1CN2.CC(C)N1CCC1.CC(C)N1CCC2(CC1)NCNC2=O.CC(C)N1CCCC1.CC(C)N1CCCCC1.CC(C)N1CCCNCC1.CC(C)N1CCNCC1.CCC(C)C. The normalized spacial score (nSPS) is 22.0. The van der Waals surface area contributed by atoms with E-state index < -0.39 is 0 Å². The fourth-order valence-electron chi connectivity index (χ4n) is 14.7. The summed E-state index contributed by atoms with van der Waals surface area (Å²) in [5, 5.41) is 26.6. The van der Waals surface area contributed by atoms with Gasteiger partial charge < -0.3 is 56.8 Å². The fourth-order valence-corrected chi connectivity index (χ4v) is 14.7. The van der Waals surface area contributed by atoms with Crippen molar-refractivity contribution in [1.29, 1.82) is 0 Å². The highest BCUT2D eigenvalue weighted by Gasteiger charge is 2.44. The average molecular weight is 1700 g/mol. The Morgan fingerprint density at radius 1 is 0.328 bits per heavy atom. The molecule has 12 heterocycles. The van der Waals surface area contributed by atoms with Crippen LogP contribution in [-0.2, 0) is 4.79 Å². The summed E-state index contributed by atoms with van der Waals surface area (Å²) >= 11 is 0. The maximum absolute atomic E-state index is 11.6. The molecule has 0 saturated carbocycles. The number of nitrogens with zero attached hydrogens (tertiary/aromatic N) is 7. The molecule has 1 spiro atoms. The first kappa shape index (κ1) is 138. The lowest BCUT2D eigenvalue weighted by molar-refractivity contribution is -0.125. The van der Waals surface area contributed by atoms with Crippen LogP contribution in [0.4, 0.5) is 0 Å². The number of hydrogen-bond donors (Lipinski definition) is 8. The first-order valence-electron chi connectivity index (χ1n) is 52.6. The summed E-state index contributed by atoms with van der Waals surface area (Å²) in [5.41, 5.74) is -0.245. The molecule has 16 nitrogen and oxygen atoms in total. The second-order valence-corrected chi connectivity index (χ2v) is 34.1. The summed E-state index contributed by atoms with van der Waals surface area (Å²) in [6, 6.07) is 7.60. The van der Waals surface area contributed by atoms with Gasteiger partial charge in [-0.15, -0.1) is 0 Å². The van der Waals surface area contributed by atoms with Gasteiger partial charge in [-0.05, 0) is 307 Å². The molecular formula is C103H239N15O. The van der Waals surface area contributed by atoms with E-state index in [1.807, 2.05) is 152 Å². The number of carbonyl (C=O) groups is 1. The van der Waals surface area contributed by atoms with Gasteiger partial charge in [-0.1, -0.05) is 227 Å². The highest BCUT2D eigenvalue weighted by atomic mass is 16.2. The third-order valence-corrected chi connectivity index (χ3v) is 22.9. The molecule has 12 aliphatic heterocycles. The molecule has 12 rings (SSSR count). The Bertz CT molecular complexity index is 1700. The van der Waals surface area contributed by atoms with Crippen LogP contribution in [0.3, 0.4) is 0 Å². The first-order valence-corrected chi connectivity index (χ1v) is 52.6. The number of piperazine rings is 2. The van der Waals surface area contributed by atoms with Crippen LogP contribution in [-0.4, -0.2) is 263 Å². The van der Waals surface area contributed by atoms with Crippen LogP contribution in [0.25, 0.3) is 0 Å². The van der Waals surface area contributed by atoms with Crippen LogP contribution in [0.15, 0.2) is 0 Å². The summed E-state index contributed by atoms with van der Waals surface area (Å²) in [6.07, 6.45) is 21.4. The molecule has 2 bridgehead atoms. The van der Waals surface area contributed by atoms with Crippen LogP contribution >= 0.6 is 0 Å². The zero-order valence-electron chi connectivity index (χ0n) is 91.1. The number of likely N-dealkylation sites (tertiary alicyclic amines) is 5. The van der Waals surface area contributed by atoms with Crippen molar-refractivity contribution in [3.8, 4) is 0 Å². The van der Waals surface area contributed by atoms with Crippen molar-refractivity contribution in [2.45, 2.75) is 480 Å². The lowest BCUT2D eigenvalue weighted by atomic mass is 9.87. The number of rotatable bonds is 11. The molecule has 12 saturated heterocycles. The molecule has 0 aliphatic carbocycles. The quantitative estimate of drug-likeness (QED) is 0.0996. The van der Waals surface area contributed by atoms with E-state index in [4.69, 9.17) is 0 Å². The number of fused-ring (bicyclic) bond motifs is 2. The Balaban J connectivity index is -0.000000135. The van der Waals surface area contributed by atoms with Crippen LogP contribution < -0.4 is 42.5 Å². The van der Waals surface area contributed by atoms with Gasteiger partial charge in [0, 0.05) is 126 Å². The molecule has 119 heavy (non-hydrogen) atoms. The van der Waals surface area contributed by atoms with Gasteiger partial charge in [0.2, 0.25) is 5.91 Å². The summed E-state index contributed by atoms with van der Waals surface area (Å²) in [7, 11) is 0. The molecular weight excluding hydrogens is 1460 g/mol. The Morgan fingerprint density at radius 3 is 0.908 bits per heavy atom. The zero-order chi connectivity index (χ0) is 94.3. The Kier molecular flexibility index (Phi) is 117. The van der Waals surface area contributed by atoms with Gasteiger partial charge in [0.1, 0.15) is 5.54 Å². The standard InChI is InChI=1S/C10H19N3O.C8H16N2.C8H18N2.2C8H17N.C7H16N2.3C7H15N.C6H13N.C5H12.11C2H6/c1-8(2)13-5-3-10(4-6-13)9(14)11-7-12-10;1-6(2)10-5-7-3-8(10)4-9-7;1-8(2)10-6-3-4-9-5-7-10;1-7(2)8-4-3-5-9-6-8;1-8(2)9-6-4-3-5-7-9;1-7(2)9-5-3-8-4-6-9;1-6(2)7-3-4-8-5-7;1-7(2)8-5-3-4-6-8;1-6(2)7-4-3-5-8-7;1-6(2)7-4-3-5-7;1-4-5(2)3;11*1-2/h8,12H,3-7H2,1-2H3,(H,11,14);6-9H,3-5H2,1-2H3;8-9H,3-7H2,1-2H3;7-9H,3-6H2,1-2H3;8H,3-7H2,1-2H3;7-8H,3-6H2,1-2H3;6-8H,3-5H2,1-2H3;7H,3-6H2,1-2H3;6-8H,3-5H2,1-2H3;6H,3-5H2,1-2H3;5H,4H2,1-3H3;11*1-2H3. The summed E-state index contributed by atoms with van der Waals surface area (Å²) in [6.45, 7) is 125. The molecule has 5 atom stereocenters. The van der Waals surface area contributed by atoms with E-state index in [1.165, 1.54) is 208 Å². The summed E-state index contributed by atoms with van der Waals surface area (Å²) < 4.78 is 0. The molecule has 16 heteroatoms. The van der Waals surface area contributed by atoms with E-state index in [9.17, 15) is 4.79 Å². The van der Waals surface area contributed by atoms with Gasteiger partial charge in [0.25, 0.3) is 0 Å². The van der Waals surface area contributed by atoms with Gasteiger partial charge in [0.05, 0.1) is 6.67 Å². The van der Waals surface area contributed by atoms with Crippen LogP contribution in [0.1, 0.15) is 414 Å². The number of piperidine rings is 3. The van der Waals surface area contributed by atoms with Crippen molar-refractivity contribution in [1.82, 2.24) is 76.8 Å². The monoisotopic (exact) mass is 1700 g/mol. The van der Waals surface area contributed by atoms with Crippen molar-refractivity contribution >= 4 is 5.91 Å². The van der Waals surface area contributed by atoms with Gasteiger partial charge >= 0.3 is 0 Å². The third-order valence-electron chi connectivity index (χ3n) is 22.9. The summed E-state index contributed by atoms with van der Waals surface area (Å²) in [5.74, 6) is 5.56. The van der Waals surface area contributed by atoms with Gasteiger partial charge in [-0.2, -0.15) is 0 Å². The highest BCUT2D eigenvalue weighted by molar-refractivity contribution is 5.88. The second-order valence-electron chi connectivity index (χ2n) is 34.1. The van der Waals surface area contributed by atoms with Crippen LogP contribution in [0.2, 0.25) is 0 Å². The predicted octanol–water partition coefficient (Wildman–Crippen LogP) is 23.4. The lowest BCUT2D eigenvalue weighted by Gasteiger charge is -2.39. The molecule has 0 aromatic rings.